The molecule has 1 aliphatic heterocycles. The summed E-state index contributed by atoms with van der Waals surface area (Å²) in [5, 5.41) is 1.12. The number of likely N-dealkylation sites (tertiary alicyclic amines) is 1. The highest BCUT2D eigenvalue weighted by molar-refractivity contribution is 5.99. The summed E-state index contributed by atoms with van der Waals surface area (Å²) >= 11 is 0. The highest BCUT2D eigenvalue weighted by Crippen LogP contribution is 2.33. The van der Waals surface area contributed by atoms with Crippen LogP contribution in [0.3, 0.4) is 0 Å². The van der Waals surface area contributed by atoms with E-state index < -0.39 is 0 Å². The van der Waals surface area contributed by atoms with Crippen molar-refractivity contribution in [2.24, 2.45) is 12.5 Å². The van der Waals surface area contributed by atoms with Gasteiger partial charge in [0.2, 0.25) is 0 Å². The molecule has 0 unspecified atom stereocenters. The fourth-order valence-electron chi connectivity index (χ4n) is 2.74. The standard InChI is InChI=1S/C16H19N2O/c1-16(2)8-9-18(11-16)15(19)14-10-12-6-4-5-7-13(12)17(14)3/h4-7,9-10H,8,11H2,1-3H3. The van der Waals surface area contributed by atoms with E-state index in [4.69, 9.17) is 0 Å². The average molecular weight is 255 g/mol. The first-order chi connectivity index (χ1) is 8.98. The maximum atomic E-state index is 12.6. The molecule has 0 N–H and O–H groups in total. The summed E-state index contributed by atoms with van der Waals surface area (Å²) in [6.45, 7) is 7.21. The van der Waals surface area contributed by atoms with Crippen LogP contribution in [-0.4, -0.2) is 21.9 Å². The lowest BCUT2D eigenvalue weighted by Crippen LogP contribution is -2.29. The Bertz CT molecular complexity index is 639. The number of nitrogens with zero attached hydrogens (tertiary/aromatic N) is 2. The number of amides is 1. The van der Waals surface area contributed by atoms with Crippen LogP contribution in [0.2, 0.25) is 0 Å². The molecule has 3 heteroatoms. The number of hydrogen-bond donors (Lipinski definition) is 0. The monoisotopic (exact) mass is 255 g/mol. The predicted octanol–water partition coefficient (Wildman–Crippen LogP) is 3.21. The van der Waals surface area contributed by atoms with E-state index in [1.807, 2.05) is 53.4 Å². The fourth-order valence-corrected chi connectivity index (χ4v) is 2.74. The number of carbonyl (C=O) groups excluding carboxylic acids is 1. The van der Waals surface area contributed by atoms with Gasteiger partial charge >= 0.3 is 0 Å². The summed E-state index contributed by atoms with van der Waals surface area (Å²) in [6, 6.07) is 10.1. The van der Waals surface area contributed by atoms with Gasteiger partial charge in [-0.2, -0.15) is 0 Å². The van der Waals surface area contributed by atoms with Crippen LogP contribution in [0.25, 0.3) is 10.9 Å². The van der Waals surface area contributed by atoms with Crippen molar-refractivity contribution in [3.63, 3.8) is 0 Å². The van der Waals surface area contributed by atoms with Gasteiger partial charge in [0, 0.05) is 24.5 Å². The van der Waals surface area contributed by atoms with Gasteiger partial charge in [0.1, 0.15) is 5.69 Å². The Hall–Kier alpha value is -1.77. The molecule has 19 heavy (non-hydrogen) atoms. The van der Waals surface area contributed by atoms with Crippen LogP contribution < -0.4 is 0 Å². The number of rotatable bonds is 1. The molecule has 3 nitrogen and oxygen atoms in total. The summed E-state index contributed by atoms with van der Waals surface area (Å²) in [6.07, 6.45) is 0.961. The van der Waals surface area contributed by atoms with Crippen LogP contribution >= 0.6 is 0 Å². The van der Waals surface area contributed by atoms with Crippen LogP contribution in [0.5, 0.6) is 0 Å². The van der Waals surface area contributed by atoms with E-state index in [0.717, 1.165) is 29.6 Å². The van der Waals surface area contributed by atoms with Crippen molar-refractivity contribution < 1.29 is 4.79 Å². The third kappa shape index (κ3) is 2.03. The third-order valence-corrected chi connectivity index (χ3v) is 3.89. The van der Waals surface area contributed by atoms with E-state index in [-0.39, 0.29) is 11.3 Å². The van der Waals surface area contributed by atoms with Crippen molar-refractivity contribution in [1.82, 2.24) is 9.47 Å². The maximum absolute atomic E-state index is 12.6. The highest BCUT2D eigenvalue weighted by Gasteiger charge is 2.33. The molecule has 1 aromatic carbocycles. The van der Waals surface area contributed by atoms with Gasteiger partial charge in [-0.25, -0.2) is 0 Å². The minimum Gasteiger partial charge on any atom is -0.340 e. The normalized spacial score (nSPS) is 18.2. The number of carbonyl (C=O) groups is 1. The lowest BCUT2D eigenvalue weighted by Gasteiger charge is -2.19. The molecule has 1 saturated heterocycles. The molecule has 1 aromatic heterocycles. The average Bonchev–Trinajstić information content (AvgIpc) is 2.90. The number of aryl methyl sites for hydroxylation is 1. The van der Waals surface area contributed by atoms with E-state index in [2.05, 4.69) is 13.8 Å². The summed E-state index contributed by atoms with van der Waals surface area (Å²) in [5.74, 6) is 0.101. The molecule has 0 spiro atoms. The second-order valence-corrected chi connectivity index (χ2v) is 6.13. The quantitative estimate of drug-likeness (QED) is 0.768. The molecule has 0 bridgehead atoms. The van der Waals surface area contributed by atoms with E-state index in [1.165, 1.54) is 0 Å². The first-order valence-corrected chi connectivity index (χ1v) is 6.67. The summed E-state index contributed by atoms with van der Waals surface area (Å²) in [4.78, 5) is 14.5. The van der Waals surface area contributed by atoms with Crippen molar-refractivity contribution >= 4 is 16.8 Å². The Kier molecular flexibility index (Phi) is 2.66. The Labute approximate surface area is 113 Å². The van der Waals surface area contributed by atoms with Gasteiger partial charge in [-0.1, -0.05) is 32.0 Å². The first kappa shape index (κ1) is 12.3. The molecule has 1 radical (unpaired) electrons. The van der Waals surface area contributed by atoms with Gasteiger partial charge in [-0.05, 0) is 24.0 Å². The largest absolute Gasteiger partial charge is 0.340 e. The number of para-hydroxylation sites is 1. The topological polar surface area (TPSA) is 25.2 Å². The SMILES string of the molecule is Cn1c(C(=O)N2[CH]CC(C)(C)C2)cc2ccccc21. The molecule has 1 fully saturated rings. The van der Waals surface area contributed by atoms with Gasteiger partial charge in [0.25, 0.3) is 5.91 Å². The summed E-state index contributed by atoms with van der Waals surface area (Å²) in [7, 11) is 1.96. The number of benzene rings is 1. The molecular weight excluding hydrogens is 236 g/mol. The zero-order valence-corrected chi connectivity index (χ0v) is 11.7. The van der Waals surface area contributed by atoms with Crippen molar-refractivity contribution in [3.05, 3.63) is 42.6 Å². The van der Waals surface area contributed by atoms with Crippen LogP contribution in [0, 0.1) is 12.0 Å². The van der Waals surface area contributed by atoms with Gasteiger partial charge in [-0.15, -0.1) is 0 Å². The van der Waals surface area contributed by atoms with E-state index >= 15 is 0 Å². The molecule has 3 rings (SSSR count). The number of hydrogen-bond acceptors (Lipinski definition) is 1. The van der Waals surface area contributed by atoms with Crippen molar-refractivity contribution in [3.8, 4) is 0 Å². The molecule has 2 heterocycles. The van der Waals surface area contributed by atoms with Crippen molar-refractivity contribution in [2.45, 2.75) is 20.3 Å². The Morgan fingerprint density at radius 3 is 2.63 bits per heavy atom. The lowest BCUT2D eigenvalue weighted by atomic mass is 9.93. The molecule has 2 aromatic rings. The lowest BCUT2D eigenvalue weighted by molar-refractivity contribution is 0.0795. The van der Waals surface area contributed by atoms with Gasteiger partial charge in [-0.3, -0.25) is 4.79 Å². The van der Waals surface area contributed by atoms with E-state index in [1.54, 1.807) is 0 Å². The smallest absolute Gasteiger partial charge is 0.270 e. The minimum absolute atomic E-state index is 0.101. The minimum atomic E-state index is 0.101. The van der Waals surface area contributed by atoms with Crippen LogP contribution in [0.4, 0.5) is 0 Å². The van der Waals surface area contributed by atoms with Crippen molar-refractivity contribution in [1.29, 1.82) is 0 Å². The molecular formula is C16H19N2O. The van der Waals surface area contributed by atoms with E-state index in [9.17, 15) is 4.79 Å². The van der Waals surface area contributed by atoms with Crippen LogP contribution in [-0.2, 0) is 7.05 Å². The molecule has 0 aliphatic carbocycles. The van der Waals surface area contributed by atoms with Gasteiger partial charge in [0.15, 0.2) is 0 Å². The Balaban J connectivity index is 1.96. The van der Waals surface area contributed by atoms with Crippen molar-refractivity contribution in [2.75, 3.05) is 6.54 Å². The molecule has 0 atom stereocenters. The Morgan fingerprint density at radius 1 is 1.26 bits per heavy atom. The zero-order valence-electron chi connectivity index (χ0n) is 11.7. The predicted molar refractivity (Wildman–Crippen MR) is 76.7 cm³/mol. The molecule has 1 amide bonds. The summed E-state index contributed by atoms with van der Waals surface area (Å²) < 4.78 is 1.98. The second-order valence-electron chi connectivity index (χ2n) is 6.13. The third-order valence-electron chi connectivity index (χ3n) is 3.89. The zero-order chi connectivity index (χ0) is 13.6. The second kappa shape index (κ2) is 4.12. The van der Waals surface area contributed by atoms with Crippen LogP contribution in [0.15, 0.2) is 30.3 Å². The van der Waals surface area contributed by atoms with Gasteiger partial charge in [0.05, 0.1) is 6.54 Å². The molecule has 0 saturated carbocycles. The highest BCUT2D eigenvalue weighted by atomic mass is 16.2. The van der Waals surface area contributed by atoms with Gasteiger partial charge < -0.3 is 9.47 Å². The van der Waals surface area contributed by atoms with Crippen LogP contribution in [0.1, 0.15) is 30.8 Å². The molecule has 99 valence electrons. The Morgan fingerprint density at radius 2 is 2.00 bits per heavy atom. The summed E-state index contributed by atoms with van der Waals surface area (Å²) in [5.41, 5.74) is 2.06. The fraction of sp³-hybridized carbons (Fsp3) is 0.375. The molecule has 1 aliphatic rings. The number of fused-ring (bicyclic) bond motifs is 1. The van der Waals surface area contributed by atoms with E-state index in [0.29, 0.717) is 0 Å². The maximum Gasteiger partial charge on any atom is 0.270 e. The first-order valence-electron chi connectivity index (χ1n) is 6.67. The number of aromatic nitrogens is 1.